The molecule has 0 unspecified atom stereocenters. The quantitative estimate of drug-likeness (QED) is 0.521. The fourth-order valence-corrected chi connectivity index (χ4v) is 2.27. The number of carbonyl (C=O) groups is 1. The van der Waals surface area contributed by atoms with Crippen LogP contribution in [0.25, 0.3) is 0 Å². The number of hydrogen-bond donors (Lipinski definition) is 0. The number of nitriles is 1. The second kappa shape index (κ2) is 3.51. The van der Waals surface area contributed by atoms with E-state index in [1.54, 1.807) is 0 Å². The third-order valence-electron chi connectivity index (χ3n) is 2.13. The first-order chi connectivity index (χ1) is 6.03. The highest BCUT2D eigenvalue weighted by Crippen LogP contribution is 2.34. The van der Waals surface area contributed by atoms with Gasteiger partial charge in [-0.3, -0.25) is 0 Å². The maximum absolute atomic E-state index is 11.2. The highest BCUT2D eigenvalue weighted by atomic mass is 79.9. The summed E-state index contributed by atoms with van der Waals surface area (Å²) in [6, 6.07) is 1.89. The molecule has 13 heavy (non-hydrogen) atoms. The lowest BCUT2D eigenvalue weighted by atomic mass is 9.82. The van der Waals surface area contributed by atoms with Crippen molar-refractivity contribution in [3.8, 4) is 6.07 Å². The predicted octanol–water partition coefficient (Wildman–Crippen LogP) is 1.78. The van der Waals surface area contributed by atoms with Gasteiger partial charge in [-0.15, -0.1) is 0 Å². The first-order valence-electron chi connectivity index (χ1n) is 3.89. The number of alkyl halides is 1. The van der Waals surface area contributed by atoms with Crippen LogP contribution in [0.15, 0.2) is 11.1 Å². The molecule has 0 saturated heterocycles. The zero-order chi connectivity index (χ0) is 10.1. The van der Waals surface area contributed by atoms with Gasteiger partial charge in [0.05, 0.1) is 0 Å². The molecular formula is C9H10BrNO2. The number of hydrogen-bond acceptors (Lipinski definition) is 3. The highest BCUT2D eigenvalue weighted by molar-refractivity contribution is 9.09. The molecule has 0 saturated carbocycles. The van der Waals surface area contributed by atoms with Gasteiger partial charge in [0.25, 0.3) is 0 Å². The van der Waals surface area contributed by atoms with Gasteiger partial charge in [0, 0.05) is 10.7 Å². The summed E-state index contributed by atoms with van der Waals surface area (Å²) >= 11 is 3.28. The van der Waals surface area contributed by atoms with Crippen LogP contribution in [0.1, 0.15) is 13.8 Å². The van der Waals surface area contributed by atoms with Crippen molar-refractivity contribution in [3.63, 3.8) is 0 Å². The largest absolute Gasteiger partial charge is 0.461 e. The van der Waals surface area contributed by atoms with Gasteiger partial charge in [0.1, 0.15) is 18.2 Å². The molecule has 0 radical (unpaired) electrons. The second-order valence-corrected chi connectivity index (χ2v) is 4.12. The van der Waals surface area contributed by atoms with Crippen LogP contribution in [-0.4, -0.2) is 17.9 Å². The molecule has 0 bridgehead atoms. The van der Waals surface area contributed by atoms with Crippen molar-refractivity contribution in [1.29, 1.82) is 5.26 Å². The number of esters is 1. The maximum atomic E-state index is 11.2. The minimum atomic E-state index is -0.503. The second-order valence-electron chi connectivity index (χ2n) is 3.56. The smallest absolute Gasteiger partial charge is 0.348 e. The van der Waals surface area contributed by atoms with Gasteiger partial charge in [0.15, 0.2) is 0 Å². The molecule has 3 nitrogen and oxygen atoms in total. The number of rotatable bonds is 1. The molecule has 70 valence electrons. The lowest BCUT2D eigenvalue weighted by molar-refractivity contribution is -0.142. The monoisotopic (exact) mass is 243 g/mol. The summed E-state index contributed by atoms with van der Waals surface area (Å²) in [4.78, 5) is 11.2. The SMILES string of the molecule is CC1(C)COC(=O)C(C#N)=C1CBr. The van der Waals surface area contributed by atoms with Gasteiger partial charge in [0.2, 0.25) is 0 Å². The molecule has 1 aliphatic heterocycles. The number of nitrogens with zero attached hydrogens (tertiary/aromatic N) is 1. The third-order valence-corrected chi connectivity index (χ3v) is 2.69. The molecule has 0 N–H and O–H groups in total. The zero-order valence-electron chi connectivity index (χ0n) is 7.56. The van der Waals surface area contributed by atoms with Gasteiger partial charge in [-0.1, -0.05) is 29.8 Å². The Bertz CT molecular complexity index is 312. The average Bonchev–Trinajstić information content (AvgIpc) is 2.08. The van der Waals surface area contributed by atoms with Crippen LogP contribution in [0.3, 0.4) is 0 Å². The zero-order valence-corrected chi connectivity index (χ0v) is 9.14. The molecule has 1 rings (SSSR count). The predicted molar refractivity (Wildman–Crippen MR) is 51.2 cm³/mol. The molecule has 1 heterocycles. The van der Waals surface area contributed by atoms with E-state index in [-0.39, 0.29) is 11.0 Å². The first kappa shape index (κ1) is 10.3. The van der Waals surface area contributed by atoms with Crippen LogP contribution in [0.4, 0.5) is 0 Å². The minimum absolute atomic E-state index is 0.146. The van der Waals surface area contributed by atoms with E-state index in [1.165, 1.54) is 0 Å². The Labute approximate surface area is 85.5 Å². The molecule has 1 aliphatic rings. The Balaban J connectivity index is 3.23. The van der Waals surface area contributed by atoms with Crippen LogP contribution in [0.5, 0.6) is 0 Å². The molecule has 4 heteroatoms. The number of carbonyl (C=O) groups excluding carboxylic acids is 1. The van der Waals surface area contributed by atoms with Crippen molar-refractivity contribution in [2.45, 2.75) is 13.8 Å². The number of ether oxygens (including phenoxy) is 1. The van der Waals surface area contributed by atoms with E-state index in [1.807, 2.05) is 19.9 Å². The van der Waals surface area contributed by atoms with Crippen LogP contribution in [0.2, 0.25) is 0 Å². The Morgan fingerprint density at radius 1 is 1.69 bits per heavy atom. The fraction of sp³-hybridized carbons (Fsp3) is 0.556. The average molecular weight is 244 g/mol. The molecular weight excluding hydrogens is 234 g/mol. The molecule has 0 aromatic carbocycles. The fourth-order valence-electron chi connectivity index (χ4n) is 1.23. The molecule has 0 amide bonds. The van der Waals surface area contributed by atoms with E-state index in [9.17, 15) is 4.79 Å². The van der Waals surface area contributed by atoms with Gasteiger partial charge >= 0.3 is 5.97 Å². The Hall–Kier alpha value is -0.820. The Kier molecular flexibility index (Phi) is 2.77. The summed E-state index contributed by atoms with van der Waals surface area (Å²) in [7, 11) is 0. The minimum Gasteiger partial charge on any atom is -0.461 e. The van der Waals surface area contributed by atoms with E-state index in [4.69, 9.17) is 10.00 Å². The van der Waals surface area contributed by atoms with Gasteiger partial charge in [-0.2, -0.15) is 5.26 Å². The summed E-state index contributed by atoms with van der Waals surface area (Å²) < 4.78 is 4.89. The van der Waals surface area contributed by atoms with Crippen LogP contribution >= 0.6 is 15.9 Å². The van der Waals surface area contributed by atoms with E-state index < -0.39 is 5.97 Å². The Morgan fingerprint density at radius 2 is 2.31 bits per heavy atom. The van der Waals surface area contributed by atoms with Crippen molar-refractivity contribution >= 4 is 21.9 Å². The van der Waals surface area contributed by atoms with Gasteiger partial charge in [-0.25, -0.2) is 4.79 Å². The van der Waals surface area contributed by atoms with Crippen molar-refractivity contribution in [2.75, 3.05) is 11.9 Å². The molecule has 0 aliphatic carbocycles. The molecule has 0 aromatic rings. The molecule has 0 atom stereocenters. The van der Waals surface area contributed by atoms with E-state index in [0.717, 1.165) is 5.57 Å². The third kappa shape index (κ3) is 1.75. The summed E-state index contributed by atoms with van der Waals surface area (Å²) in [5, 5.41) is 9.31. The summed E-state index contributed by atoms with van der Waals surface area (Å²) in [6.07, 6.45) is 0. The lowest BCUT2D eigenvalue weighted by Gasteiger charge is -2.31. The van der Waals surface area contributed by atoms with E-state index >= 15 is 0 Å². The van der Waals surface area contributed by atoms with Crippen molar-refractivity contribution in [1.82, 2.24) is 0 Å². The topological polar surface area (TPSA) is 50.1 Å². The summed E-state index contributed by atoms with van der Waals surface area (Å²) in [5.41, 5.74) is 0.738. The Morgan fingerprint density at radius 3 is 2.69 bits per heavy atom. The normalized spacial score (nSPS) is 20.9. The van der Waals surface area contributed by atoms with Crippen LogP contribution < -0.4 is 0 Å². The van der Waals surface area contributed by atoms with Crippen molar-refractivity contribution in [3.05, 3.63) is 11.1 Å². The van der Waals surface area contributed by atoms with Crippen LogP contribution in [-0.2, 0) is 9.53 Å². The van der Waals surface area contributed by atoms with Crippen LogP contribution in [0, 0.1) is 16.7 Å². The molecule has 0 aromatic heterocycles. The van der Waals surface area contributed by atoms with E-state index in [2.05, 4.69) is 15.9 Å². The maximum Gasteiger partial charge on any atom is 0.348 e. The van der Waals surface area contributed by atoms with E-state index in [0.29, 0.717) is 11.9 Å². The summed E-state index contributed by atoms with van der Waals surface area (Å²) in [6.45, 7) is 4.25. The molecule has 0 spiro atoms. The summed E-state index contributed by atoms with van der Waals surface area (Å²) in [5.74, 6) is -0.503. The van der Waals surface area contributed by atoms with Gasteiger partial charge < -0.3 is 4.74 Å². The van der Waals surface area contributed by atoms with Crippen molar-refractivity contribution in [2.24, 2.45) is 5.41 Å². The number of halogens is 1. The highest BCUT2D eigenvalue weighted by Gasteiger charge is 2.35. The van der Waals surface area contributed by atoms with Gasteiger partial charge in [-0.05, 0) is 5.57 Å². The lowest BCUT2D eigenvalue weighted by Crippen LogP contribution is -2.32. The standard InChI is InChI=1S/C9H10BrNO2/c1-9(2)5-13-8(12)6(4-11)7(9)3-10/h3,5H2,1-2H3. The van der Waals surface area contributed by atoms with Crippen molar-refractivity contribution < 1.29 is 9.53 Å². The number of cyclic esters (lactones) is 1. The first-order valence-corrected chi connectivity index (χ1v) is 5.02. The molecule has 0 fully saturated rings.